The van der Waals surface area contributed by atoms with E-state index >= 15 is 0 Å². The monoisotopic (exact) mass is 279 g/mol. The van der Waals surface area contributed by atoms with Crippen molar-refractivity contribution in [3.63, 3.8) is 0 Å². The molecule has 1 saturated heterocycles. The summed E-state index contributed by atoms with van der Waals surface area (Å²) in [6, 6.07) is 6.76. The summed E-state index contributed by atoms with van der Waals surface area (Å²) < 4.78 is 39.4. The van der Waals surface area contributed by atoms with Gasteiger partial charge in [0.15, 0.2) is 0 Å². The second-order valence-electron chi connectivity index (χ2n) is 4.45. The molecule has 0 N–H and O–H groups in total. The Morgan fingerprint density at radius 1 is 0.944 bits per heavy atom. The number of hydrogen-bond acceptors (Lipinski definition) is 1. The van der Waals surface area contributed by atoms with Gasteiger partial charge in [0, 0.05) is 0 Å². The Morgan fingerprint density at radius 3 is 2.00 bits per heavy atom. The van der Waals surface area contributed by atoms with Crippen LogP contribution in [0.5, 0.6) is 0 Å². The van der Waals surface area contributed by atoms with Crippen LogP contribution in [0, 0.1) is 0 Å². The predicted molar refractivity (Wildman–Crippen MR) is 67.9 cm³/mol. The van der Waals surface area contributed by atoms with Crippen molar-refractivity contribution in [2.45, 2.75) is 31.5 Å². The van der Waals surface area contributed by atoms with E-state index in [0.29, 0.717) is 18.7 Å². The Kier molecular flexibility index (Phi) is 5.47. The van der Waals surface area contributed by atoms with E-state index in [4.69, 9.17) is 0 Å². The summed E-state index contributed by atoms with van der Waals surface area (Å²) in [6.45, 7) is 1.08. The maximum Gasteiger partial charge on any atom is 0.408 e. The number of hydrogen-bond donors (Lipinski definition) is 0. The molecule has 1 aliphatic heterocycles. The number of likely N-dealkylation sites (tertiary alicyclic amines) is 1. The highest BCUT2D eigenvalue weighted by Crippen LogP contribution is 2.38. The molecule has 1 atom stereocenters. The van der Waals surface area contributed by atoms with Gasteiger partial charge >= 0.3 is 6.18 Å². The van der Waals surface area contributed by atoms with Gasteiger partial charge in [0.25, 0.3) is 0 Å². The molecule has 102 valence electrons. The number of rotatable bonds is 2. The molecule has 18 heavy (non-hydrogen) atoms. The van der Waals surface area contributed by atoms with Crippen molar-refractivity contribution in [2.24, 2.45) is 0 Å². The van der Waals surface area contributed by atoms with Gasteiger partial charge in [-0.05, 0) is 31.5 Å². The minimum absolute atomic E-state index is 0. The summed E-state index contributed by atoms with van der Waals surface area (Å²) in [5.74, 6) is 0. The molecule has 0 bridgehead atoms. The third-order valence-electron chi connectivity index (χ3n) is 3.18. The quantitative estimate of drug-likeness (QED) is 0.784. The minimum atomic E-state index is -4.20. The summed E-state index contributed by atoms with van der Waals surface area (Å²) in [5, 5.41) is 0. The van der Waals surface area contributed by atoms with Gasteiger partial charge in [-0.1, -0.05) is 36.8 Å². The van der Waals surface area contributed by atoms with Crippen molar-refractivity contribution < 1.29 is 13.2 Å². The van der Waals surface area contributed by atoms with Gasteiger partial charge in [-0.15, -0.1) is 12.4 Å². The van der Waals surface area contributed by atoms with Gasteiger partial charge in [-0.2, -0.15) is 13.2 Å². The van der Waals surface area contributed by atoms with Gasteiger partial charge in [-0.25, -0.2) is 0 Å². The van der Waals surface area contributed by atoms with Crippen LogP contribution < -0.4 is 0 Å². The zero-order chi connectivity index (χ0) is 12.3. The normalized spacial score (nSPS) is 19.1. The summed E-state index contributed by atoms with van der Waals surface area (Å²) >= 11 is 0. The van der Waals surface area contributed by atoms with E-state index in [1.165, 1.54) is 0 Å². The molecule has 2 rings (SSSR count). The van der Waals surface area contributed by atoms with E-state index in [1.54, 1.807) is 35.2 Å². The first kappa shape index (κ1) is 15.3. The molecule has 5 heteroatoms. The van der Waals surface area contributed by atoms with Gasteiger partial charge < -0.3 is 0 Å². The molecule has 0 aromatic heterocycles. The second kappa shape index (κ2) is 6.43. The van der Waals surface area contributed by atoms with Crippen molar-refractivity contribution in [3.05, 3.63) is 35.9 Å². The number of piperidine rings is 1. The van der Waals surface area contributed by atoms with Crippen LogP contribution in [0.4, 0.5) is 13.2 Å². The second-order valence-corrected chi connectivity index (χ2v) is 4.45. The standard InChI is InChI=1S/C13H16F3N.ClH/c14-13(15,16)12(11-7-3-1-4-8-11)17-9-5-2-6-10-17;/h1,3-4,7-8,12H,2,5-6,9-10H2;1H. The first-order chi connectivity index (χ1) is 8.09. The minimum Gasteiger partial charge on any atom is -0.289 e. The van der Waals surface area contributed by atoms with Gasteiger partial charge in [-0.3, -0.25) is 4.90 Å². The zero-order valence-electron chi connectivity index (χ0n) is 9.99. The SMILES string of the molecule is Cl.FC(F)(F)C(c1ccccc1)N1CCCCC1. The molecular formula is C13H17ClF3N. The average molecular weight is 280 g/mol. The highest BCUT2D eigenvalue weighted by molar-refractivity contribution is 5.85. The van der Waals surface area contributed by atoms with Crippen LogP contribution >= 0.6 is 12.4 Å². The Bertz CT molecular complexity index is 347. The van der Waals surface area contributed by atoms with Crippen molar-refractivity contribution in [1.29, 1.82) is 0 Å². The number of halogens is 4. The summed E-state index contributed by atoms with van der Waals surface area (Å²) in [7, 11) is 0. The van der Waals surface area contributed by atoms with Crippen molar-refractivity contribution in [2.75, 3.05) is 13.1 Å². The highest BCUT2D eigenvalue weighted by atomic mass is 35.5. The fourth-order valence-electron chi connectivity index (χ4n) is 2.42. The van der Waals surface area contributed by atoms with E-state index < -0.39 is 12.2 Å². The van der Waals surface area contributed by atoms with Gasteiger partial charge in [0.05, 0.1) is 0 Å². The van der Waals surface area contributed by atoms with Gasteiger partial charge in [0.1, 0.15) is 6.04 Å². The van der Waals surface area contributed by atoms with Crippen molar-refractivity contribution in [3.8, 4) is 0 Å². The van der Waals surface area contributed by atoms with E-state index in [0.717, 1.165) is 19.3 Å². The van der Waals surface area contributed by atoms with Crippen LogP contribution in [-0.2, 0) is 0 Å². The lowest BCUT2D eigenvalue weighted by Crippen LogP contribution is -2.41. The Labute approximate surface area is 111 Å². The molecule has 1 aromatic rings. The van der Waals surface area contributed by atoms with E-state index in [9.17, 15) is 13.2 Å². The lowest BCUT2D eigenvalue weighted by atomic mass is 10.0. The Morgan fingerprint density at radius 2 is 1.50 bits per heavy atom. The van der Waals surface area contributed by atoms with Crippen LogP contribution in [0.3, 0.4) is 0 Å². The Balaban J connectivity index is 0.00000162. The average Bonchev–Trinajstić information content (AvgIpc) is 2.30. The molecule has 0 aliphatic carbocycles. The summed E-state index contributed by atoms with van der Waals surface area (Å²) in [5.41, 5.74) is 0.349. The molecule has 0 amide bonds. The topological polar surface area (TPSA) is 3.24 Å². The first-order valence-electron chi connectivity index (χ1n) is 5.95. The smallest absolute Gasteiger partial charge is 0.289 e. The fraction of sp³-hybridized carbons (Fsp3) is 0.538. The number of benzene rings is 1. The zero-order valence-corrected chi connectivity index (χ0v) is 10.8. The lowest BCUT2D eigenvalue weighted by Gasteiger charge is -2.35. The summed E-state index contributed by atoms with van der Waals surface area (Å²) in [4.78, 5) is 1.55. The highest BCUT2D eigenvalue weighted by Gasteiger charge is 2.44. The van der Waals surface area contributed by atoms with Crippen LogP contribution in [-0.4, -0.2) is 24.2 Å². The molecule has 1 aromatic carbocycles. The van der Waals surface area contributed by atoms with Gasteiger partial charge in [0.2, 0.25) is 0 Å². The Hall–Kier alpha value is -0.740. The van der Waals surface area contributed by atoms with Crippen LogP contribution in [0.25, 0.3) is 0 Å². The van der Waals surface area contributed by atoms with E-state index in [2.05, 4.69) is 0 Å². The molecule has 1 heterocycles. The maximum atomic E-state index is 13.1. The van der Waals surface area contributed by atoms with Crippen LogP contribution in [0.1, 0.15) is 30.9 Å². The molecule has 1 aliphatic rings. The summed E-state index contributed by atoms with van der Waals surface area (Å²) in [6.07, 6.45) is -1.44. The maximum absolute atomic E-state index is 13.1. The first-order valence-corrected chi connectivity index (χ1v) is 5.95. The molecular weight excluding hydrogens is 263 g/mol. The van der Waals surface area contributed by atoms with Crippen LogP contribution in [0.2, 0.25) is 0 Å². The number of alkyl halides is 3. The largest absolute Gasteiger partial charge is 0.408 e. The van der Waals surface area contributed by atoms with Crippen molar-refractivity contribution >= 4 is 12.4 Å². The van der Waals surface area contributed by atoms with Crippen LogP contribution in [0.15, 0.2) is 30.3 Å². The lowest BCUT2D eigenvalue weighted by molar-refractivity contribution is -0.188. The molecule has 1 nitrogen and oxygen atoms in total. The molecule has 0 spiro atoms. The molecule has 0 radical (unpaired) electrons. The number of nitrogens with zero attached hydrogens (tertiary/aromatic N) is 1. The fourth-order valence-corrected chi connectivity index (χ4v) is 2.42. The molecule has 1 unspecified atom stereocenters. The third-order valence-corrected chi connectivity index (χ3v) is 3.18. The predicted octanol–water partition coefficient (Wildman–Crippen LogP) is 4.20. The molecule has 1 fully saturated rings. The molecule has 0 saturated carbocycles. The van der Waals surface area contributed by atoms with E-state index in [1.807, 2.05) is 0 Å². The van der Waals surface area contributed by atoms with Crippen molar-refractivity contribution in [1.82, 2.24) is 4.90 Å². The third kappa shape index (κ3) is 3.62. The van der Waals surface area contributed by atoms with E-state index in [-0.39, 0.29) is 12.4 Å².